The maximum atomic E-state index is 12.9. The van der Waals surface area contributed by atoms with Crippen LogP contribution in [0.2, 0.25) is 0 Å². The van der Waals surface area contributed by atoms with Crippen molar-refractivity contribution in [1.82, 2.24) is 15.5 Å². The van der Waals surface area contributed by atoms with Crippen molar-refractivity contribution in [3.63, 3.8) is 0 Å². The number of carbonyl (C=O) groups is 3. The van der Waals surface area contributed by atoms with Crippen molar-refractivity contribution in [3.8, 4) is 5.75 Å². The molecule has 2 aromatic carbocycles. The maximum Gasteiger partial charge on any atom is 0.322 e. The van der Waals surface area contributed by atoms with Crippen LogP contribution in [0, 0.1) is 0 Å². The van der Waals surface area contributed by atoms with Gasteiger partial charge in [-0.15, -0.1) is 0 Å². The summed E-state index contributed by atoms with van der Waals surface area (Å²) in [6.45, 7) is 0.156. The van der Waals surface area contributed by atoms with Gasteiger partial charge in [-0.05, 0) is 35.4 Å². The predicted molar refractivity (Wildman–Crippen MR) is 106 cm³/mol. The van der Waals surface area contributed by atoms with Gasteiger partial charge in [-0.25, -0.2) is 13.2 Å². The smallest absolute Gasteiger partial charge is 0.322 e. The van der Waals surface area contributed by atoms with E-state index in [9.17, 15) is 22.8 Å². The molecule has 2 aliphatic rings. The summed E-state index contributed by atoms with van der Waals surface area (Å²) in [6, 6.07) is 10.2. The van der Waals surface area contributed by atoms with E-state index in [1.807, 2.05) is 0 Å². The van der Waals surface area contributed by atoms with Crippen LogP contribution >= 0.6 is 0 Å². The molecular formula is C20H19N3O6S. The van der Waals surface area contributed by atoms with E-state index in [-0.39, 0.29) is 23.9 Å². The Hall–Kier alpha value is -3.40. The zero-order valence-corrected chi connectivity index (χ0v) is 17.1. The highest BCUT2D eigenvalue weighted by molar-refractivity contribution is 7.90. The molecule has 0 aromatic heterocycles. The molecule has 156 valence electrons. The van der Waals surface area contributed by atoms with E-state index in [0.29, 0.717) is 16.9 Å². The highest BCUT2D eigenvalue weighted by atomic mass is 32.2. The molecule has 1 fully saturated rings. The van der Waals surface area contributed by atoms with Gasteiger partial charge in [-0.2, -0.15) is 0 Å². The fourth-order valence-electron chi connectivity index (χ4n) is 3.77. The average molecular weight is 429 g/mol. The van der Waals surface area contributed by atoms with Crippen molar-refractivity contribution in [2.45, 2.75) is 17.0 Å². The molecule has 0 saturated carbocycles. The number of amides is 4. The number of hydrogen-bond donors (Lipinski definition) is 2. The first kappa shape index (κ1) is 19.9. The van der Waals surface area contributed by atoms with Gasteiger partial charge >= 0.3 is 6.03 Å². The van der Waals surface area contributed by atoms with Crippen molar-refractivity contribution < 1.29 is 27.5 Å². The zero-order valence-electron chi connectivity index (χ0n) is 16.3. The van der Waals surface area contributed by atoms with Crippen molar-refractivity contribution in [1.29, 1.82) is 0 Å². The van der Waals surface area contributed by atoms with Gasteiger partial charge in [0.05, 0.1) is 18.6 Å². The molecule has 30 heavy (non-hydrogen) atoms. The van der Waals surface area contributed by atoms with Crippen molar-refractivity contribution >= 4 is 27.7 Å². The molecule has 9 nitrogen and oxygen atoms in total. The first-order valence-corrected chi connectivity index (χ1v) is 10.9. The summed E-state index contributed by atoms with van der Waals surface area (Å²) in [5.41, 5.74) is 0.101. The van der Waals surface area contributed by atoms with Gasteiger partial charge in [0.15, 0.2) is 15.4 Å². The molecule has 0 unspecified atom stereocenters. The molecule has 2 N–H and O–H groups in total. The standard InChI is InChI=1S/C20H19N3O6S/c1-29-14-6-3-12-10-23(17(24)16(12)9-14)11-20(18(25)21-19(26)22-20)13-4-7-15(8-5-13)30(2,27)28/h3-9H,10-11H2,1-2H3,(H2,21,22,25,26)/t20-/m1/s1. The fourth-order valence-corrected chi connectivity index (χ4v) is 4.40. The molecular weight excluding hydrogens is 410 g/mol. The lowest BCUT2D eigenvalue weighted by Crippen LogP contribution is -2.52. The largest absolute Gasteiger partial charge is 0.497 e. The Labute approximate surface area is 172 Å². The summed E-state index contributed by atoms with van der Waals surface area (Å²) in [5, 5.41) is 4.83. The minimum atomic E-state index is -3.43. The van der Waals surface area contributed by atoms with E-state index in [0.717, 1.165) is 11.8 Å². The average Bonchev–Trinajstić information content (AvgIpc) is 3.17. The van der Waals surface area contributed by atoms with Crippen LogP contribution in [0.25, 0.3) is 0 Å². The third-order valence-corrected chi connectivity index (χ3v) is 6.47. The number of imide groups is 1. The minimum Gasteiger partial charge on any atom is -0.497 e. The van der Waals surface area contributed by atoms with Crippen LogP contribution in [-0.2, 0) is 26.7 Å². The summed E-state index contributed by atoms with van der Waals surface area (Å²) in [4.78, 5) is 39.3. The van der Waals surface area contributed by atoms with Crippen LogP contribution in [0.4, 0.5) is 4.79 Å². The minimum absolute atomic E-state index is 0.0860. The number of benzene rings is 2. The number of ether oxygens (including phenoxy) is 1. The van der Waals surface area contributed by atoms with Crippen LogP contribution in [0.1, 0.15) is 21.5 Å². The van der Waals surface area contributed by atoms with Crippen LogP contribution in [0.5, 0.6) is 5.75 Å². The molecule has 4 rings (SSSR count). The first-order chi connectivity index (χ1) is 14.1. The van der Waals surface area contributed by atoms with Gasteiger partial charge in [0.25, 0.3) is 11.8 Å². The van der Waals surface area contributed by atoms with Gasteiger partial charge in [-0.3, -0.25) is 14.9 Å². The predicted octanol–water partition coefficient (Wildman–Crippen LogP) is 0.789. The lowest BCUT2D eigenvalue weighted by molar-refractivity contribution is -0.124. The monoisotopic (exact) mass is 429 g/mol. The summed E-state index contributed by atoms with van der Waals surface area (Å²) in [7, 11) is -1.92. The summed E-state index contributed by atoms with van der Waals surface area (Å²) >= 11 is 0. The first-order valence-electron chi connectivity index (χ1n) is 9.04. The number of sulfone groups is 1. The molecule has 0 bridgehead atoms. The van der Waals surface area contributed by atoms with E-state index < -0.39 is 27.3 Å². The van der Waals surface area contributed by atoms with E-state index in [1.165, 1.54) is 36.3 Å². The Balaban J connectivity index is 1.70. The summed E-state index contributed by atoms with van der Waals surface area (Å²) < 4.78 is 28.7. The SMILES string of the molecule is COc1ccc2c(c1)C(=O)N(C[C@]1(c3ccc(S(C)(=O)=O)cc3)NC(=O)NC1=O)C2. The third-order valence-electron chi connectivity index (χ3n) is 5.34. The highest BCUT2D eigenvalue weighted by Gasteiger charge is 2.50. The van der Waals surface area contributed by atoms with Crippen LogP contribution in [0.15, 0.2) is 47.4 Å². The van der Waals surface area contributed by atoms with E-state index in [2.05, 4.69) is 10.6 Å². The lowest BCUT2D eigenvalue weighted by atomic mass is 9.89. The number of hydrogen-bond acceptors (Lipinski definition) is 6. The Morgan fingerprint density at radius 2 is 1.80 bits per heavy atom. The fraction of sp³-hybridized carbons (Fsp3) is 0.250. The van der Waals surface area contributed by atoms with Crippen molar-refractivity contribution in [3.05, 3.63) is 59.2 Å². The Kier molecular flexibility index (Phi) is 4.53. The quantitative estimate of drug-likeness (QED) is 0.678. The molecule has 2 aromatic rings. The topological polar surface area (TPSA) is 122 Å². The molecule has 1 saturated heterocycles. The van der Waals surface area contributed by atoms with Gasteiger partial charge in [0, 0.05) is 18.4 Å². The Morgan fingerprint density at radius 3 is 2.37 bits per heavy atom. The molecule has 2 heterocycles. The Morgan fingerprint density at radius 1 is 1.10 bits per heavy atom. The van der Waals surface area contributed by atoms with Gasteiger partial charge in [-0.1, -0.05) is 18.2 Å². The molecule has 0 spiro atoms. The highest BCUT2D eigenvalue weighted by Crippen LogP contribution is 2.32. The number of fused-ring (bicyclic) bond motifs is 1. The lowest BCUT2D eigenvalue weighted by Gasteiger charge is -2.31. The molecule has 4 amide bonds. The Bertz CT molecular complexity index is 1180. The second kappa shape index (κ2) is 6.84. The summed E-state index contributed by atoms with van der Waals surface area (Å²) in [5.74, 6) is -0.354. The number of nitrogens with zero attached hydrogens (tertiary/aromatic N) is 1. The molecule has 0 radical (unpaired) electrons. The van der Waals surface area contributed by atoms with Gasteiger partial charge in [0.1, 0.15) is 5.75 Å². The number of carbonyl (C=O) groups excluding carboxylic acids is 3. The summed E-state index contributed by atoms with van der Waals surface area (Å²) in [6.07, 6.45) is 1.08. The third kappa shape index (κ3) is 3.18. The second-order valence-electron chi connectivity index (χ2n) is 7.29. The van der Waals surface area contributed by atoms with E-state index in [4.69, 9.17) is 4.74 Å². The van der Waals surface area contributed by atoms with Gasteiger partial charge in [0.2, 0.25) is 0 Å². The number of rotatable bonds is 5. The number of methoxy groups -OCH3 is 1. The number of nitrogens with one attached hydrogen (secondary N) is 2. The van der Waals surface area contributed by atoms with Crippen LogP contribution < -0.4 is 15.4 Å². The van der Waals surface area contributed by atoms with Crippen molar-refractivity contribution in [2.24, 2.45) is 0 Å². The maximum absolute atomic E-state index is 12.9. The van der Waals surface area contributed by atoms with Crippen LogP contribution in [0.3, 0.4) is 0 Å². The van der Waals surface area contributed by atoms with E-state index in [1.54, 1.807) is 18.2 Å². The molecule has 0 aliphatic carbocycles. The van der Waals surface area contributed by atoms with Gasteiger partial charge < -0.3 is 15.0 Å². The van der Waals surface area contributed by atoms with Crippen molar-refractivity contribution in [2.75, 3.05) is 19.9 Å². The normalized spacial score (nSPS) is 20.7. The van der Waals surface area contributed by atoms with E-state index >= 15 is 0 Å². The molecule has 10 heteroatoms. The zero-order chi connectivity index (χ0) is 21.7. The molecule has 1 atom stereocenters. The second-order valence-corrected chi connectivity index (χ2v) is 9.31. The molecule has 2 aliphatic heterocycles. The van der Waals surface area contributed by atoms with Crippen LogP contribution in [-0.4, -0.2) is 51.1 Å². The number of urea groups is 1.